The quantitative estimate of drug-likeness (QED) is 0.834. The molecular formula is C15H15BrClNO2. The third-order valence-corrected chi connectivity index (χ3v) is 4.78. The lowest BCUT2D eigenvalue weighted by Crippen LogP contribution is -2.20. The average molecular weight is 357 g/mol. The second kappa shape index (κ2) is 5.51. The first-order valence-electron chi connectivity index (χ1n) is 6.67. The maximum atomic E-state index is 12.6. The van der Waals surface area contributed by atoms with Gasteiger partial charge in [-0.05, 0) is 47.8 Å². The summed E-state index contributed by atoms with van der Waals surface area (Å²) in [4.78, 5) is 16.0. The average Bonchev–Trinajstić information content (AvgIpc) is 2.44. The summed E-state index contributed by atoms with van der Waals surface area (Å²) in [5.41, 5.74) is 2.71. The molecule has 2 heterocycles. The van der Waals surface area contributed by atoms with Crippen molar-refractivity contribution in [2.24, 2.45) is 0 Å². The fourth-order valence-corrected chi connectivity index (χ4v) is 3.74. The van der Waals surface area contributed by atoms with Gasteiger partial charge in [-0.25, -0.2) is 0 Å². The fourth-order valence-electron chi connectivity index (χ4n) is 2.83. The van der Waals surface area contributed by atoms with Crippen molar-refractivity contribution >= 4 is 38.4 Å². The second-order valence-electron chi connectivity index (χ2n) is 5.19. The van der Waals surface area contributed by atoms with E-state index in [1.165, 1.54) is 0 Å². The van der Waals surface area contributed by atoms with Gasteiger partial charge in [-0.1, -0.05) is 11.6 Å². The molecule has 0 aliphatic carbocycles. The molecule has 1 aromatic heterocycles. The molecular weight excluding hydrogens is 342 g/mol. The number of pyridine rings is 1. The van der Waals surface area contributed by atoms with Crippen LogP contribution in [0.5, 0.6) is 0 Å². The molecule has 1 aliphatic heterocycles. The first-order valence-corrected chi connectivity index (χ1v) is 7.84. The number of rotatable bonds is 1. The van der Waals surface area contributed by atoms with E-state index in [2.05, 4.69) is 20.9 Å². The Morgan fingerprint density at radius 3 is 2.75 bits per heavy atom. The number of ether oxygens (including phenoxy) is 1. The van der Waals surface area contributed by atoms with E-state index in [9.17, 15) is 4.79 Å². The van der Waals surface area contributed by atoms with Gasteiger partial charge in [0.25, 0.3) is 0 Å². The summed E-state index contributed by atoms with van der Waals surface area (Å²) in [6.07, 6.45) is 1.90. The summed E-state index contributed by atoms with van der Waals surface area (Å²) in [6, 6.07) is 3.53. The lowest BCUT2D eigenvalue weighted by molar-refractivity contribution is 0.0844. The summed E-state index contributed by atoms with van der Waals surface area (Å²) < 4.78 is 6.22. The number of H-pyrrole nitrogens is 1. The van der Waals surface area contributed by atoms with Crippen LogP contribution in [0, 0.1) is 6.92 Å². The number of halogens is 2. The van der Waals surface area contributed by atoms with Crippen molar-refractivity contribution in [3.05, 3.63) is 43.1 Å². The van der Waals surface area contributed by atoms with Crippen LogP contribution in [0.3, 0.4) is 0 Å². The van der Waals surface area contributed by atoms with E-state index in [4.69, 9.17) is 16.3 Å². The lowest BCUT2D eigenvalue weighted by Gasteiger charge is -2.24. The van der Waals surface area contributed by atoms with Gasteiger partial charge >= 0.3 is 0 Å². The van der Waals surface area contributed by atoms with E-state index in [0.29, 0.717) is 16.3 Å². The smallest absolute Gasteiger partial charge is 0.192 e. The first-order chi connectivity index (χ1) is 9.58. The van der Waals surface area contributed by atoms with Crippen molar-refractivity contribution in [2.45, 2.75) is 25.7 Å². The maximum Gasteiger partial charge on any atom is 0.192 e. The van der Waals surface area contributed by atoms with Gasteiger partial charge in [0.15, 0.2) is 5.43 Å². The zero-order valence-electron chi connectivity index (χ0n) is 11.1. The van der Waals surface area contributed by atoms with Crippen molar-refractivity contribution in [1.29, 1.82) is 0 Å². The minimum Gasteiger partial charge on any atom is -0.381 e. The molecule has 0 bridgehead atoms. The Balaban J connectivity index is 2.24. The molecule has 0 saturated carbocycles. The van der Waals surface area contributed by atoms with Gasteiger partial charge in [0, 0.05) is 45.3 Å². The molecule has 0 radical (unpaired) electrons. The molecule has 1 N–H and O–H groups in total. The third-order valence-electron chi connectivity index (χ3n) is 3.93. The SMILES string of the molecule is Cc1c(C2CCOCC2)[nH]c2c(Br)cc(Cl)cc2c1=O. The summed E-state index contributed by atoms with van der Waals surface area (Å²) >= 11 is 9.52. The van der Waals surface area contributed by atoms with Gasteiger partial charge < -0.3 is 9.72 Å². The normalized spacial score (nSPS) is 16.8. The Kier molecular flexibility index (Phi) is 3.89. The van der Waals surface area contributed by atoms with E-state index in [1.54, 1.807) is 6.07 Å². The minimum absolute atomic E-state index is 0.0587. The van der Waals surface area contributed by atoms with Crippen molar-refractivity contribution in [3.63, 3.8) is 0 Å². The van der Waals surface area contributed by atoms with Gasteiger partial charge in [-0.3, -0.25) is 4.79 Å². The predicted octanol–water partition coefficient (Wildman–Crippen LogP) is 4.15. The van der Waals surface area contributed by atoms with E-state index < -0.39 is 0 Å². The molecule has 5 heteroatoms. The van der Waals surface area contributed by atoms with Crippen LogP contribution in [0.15, 0.2) is 21.4 Å². The molecule has 1 aromatic carbocycles. The molecule has 3 nitrogen and oxygen atoms in total. The van der Waals surface area contributed by atoms with Crippen LogP contribution in [0.1, 0.15) is 30.0 Å². The molecule has 2 aromatic rings. The van der Waals surface area contributed by atoms with E-state index in [1.807, 2.05) is 13.0 Å². The Labute approximate surface area is 130 Å². The van der Waals surface area contributed by atoms with Gasteiger partial charge in [-0.15, -0.1) is 0 Å². The molecule has 0 spiro atoms. The zero-order chi connectivity index (χ0) is 14.3. The minimum atomic E-state index is 0.0587. The number of aromatic nitrogens is 1. The van der Waals surface area contributed by atoms with Crippen LogP contribution in [0.2, 0.25) is 5.02 Å². The topological polar surface area (TPSA) is 42.1 Å². The molecule has 3 rings (SSSR count). The van der Waals surface area contributed by atoms with Crippen molar-refractivity contribution in [2.75, 3.05) is 13.2 Å². The van der Waals surface area contributed by atoms with Crippen molar-refractivity contribution in [1.82, 2.24) is 4.98 Å². The summed E-state index contributed by atoms with van der Waals surface area (Å²) in [5, 5.41) is 1.20. The van der Waals surface area contributed by atoms with Crippen molar-refractivity contribution in [3.8, 4) is 0 Å². The first kappa shape index (κ1) is 14.1. The number of hydrogen-bond acceptors (Lipinski definition) is 2. The second-order valence-corrected chi connectivity index (χ2v) is 6.48. The van der Waals surface area contributed by atoms with Gasteiger partial charge in [-0.2, -0.15) is 0 Å². The maximum absolute atomic E-state index is 12.6. The number of benzene rings is 1. The summed E-state index contributed by atoms with van der Waals surface area (Å²) in [6.45, 7) is 3.40. The van der Waals surface area contributed by atoms with Crippen LogP contribution >= 0.6 is 27.5 Å². The Bertz CT molecular complexity index is 720. The van der Waals surface area contributed by atoms with Crippen molar-refractivity contribution < 1.29 is 4.74 Å². The monoisotopic (exact) mass is 355 g/mol. The predicted molar refractivity (Wildman–Crippen MR) is 84.8 cm³/mol. The zero-order valence-corrected chi connectivity index (χ0v) is 13.5. The van der Waals surface area contributed by atoms with Crippen LogP contribution in [-0.4, -0.2) is 18.2 Å². The highest BCUT2D eigenvalue weighted by Crippen LogP contribution is 2.31. The number of hydrogen-bond donors (Lipinski definition) is 1. The van der Waals surface area contributed by atoms with E-state index >= 15 is 0 Å². The molecule has 0 amide bonds. The Hall–Kier alpha value is -0.840. The molecule has 0 atom stereocenters. The van der Waals surface area contributed by atoms with Crippen LogP contribution in [0.4, 0.5) is 0 Å². The van der Waals surface area contributed by atoms with E-state index in [0.717, 1.165) is 47.3 Å². The largest absolute Gasteiger partial charge is 0.381 e. The fraction of sp³-hybridized carbons (Fsp3) is 0.400. The highest BCUT2D eigenvalue weighted by molar-refractivity contribution is 9.10. The number of fused-ring (bicyclic) bond motifs is 1. The van der Waals surface area contributed by atoms with Crippen LogP contribution < -0.4 is 5.43 Å². The van der Waals surface area contributed by atoms with Gasteiger partial charge in [0.1, 0.15) is 0 Å². The molecule has 20 heavy (non-hydrogen) atoms. The molecule has 1 saturated heterocycles. The third kappa shape index (κ3) is 2.41. The highest BCUT2D eigenvalue weighted by Gasteiger charge is 2.21. The number of nitrogens with one attached hydrogen (secondary N) is 1. The van der Waals surface area contributed by atoms with Gasteiger partial charge in [0.2, 0.25) is 0 Å². The summed E-state index contributed by atoms with van der Waals surface area (Å²) in [5.74, 6) is 0.364. The molecule has 0 unspecified atom stereocenters. The highest BCUT2D eigenvalue weighted by atomic mass is 79.9. The van der Waals surface area contributed by atoms with Crippen LogP contribution in [0.25, 0.3) is 10.9 Å². The standard InChI is InChI=1S/C15H15BrClNO2/c1-8-13(9-2-4-20-5-3-9)18-14-11(15(8)19)6-10(17)7-12(14)16/h6-7,9H,2-5H2,1H3,(H,18,19). The Morgan fingerprint density at radius 1 is 1.35 bits per heavy atom. The molecule has 106 valence electrons. The molecule has 1 fully saturated rings. The summed E-state index contributed by atoms with van der Waals surface area (Å²) in [7, 11) is 0. The Morgan fingerprint density at radius 2 is 2.05 bits per heavy atom. The van der Waals surface area contributed by atoms with E-state index in [-0.39, 0.29) is 5.43 Å². The lowest BCUT2D eigenvalue weighted by atomic mass is 9.92. The molecule has 1 aliphatic rings. The van der Waals surface area contributed by atoms with Gasteiger partial charge in [0.05, 0.1) is 5.52 Å². The number of aromatic amines is 1. The van der Waals surface area contributed by atoms with Crippen LogP contribution in [-0.2, 0) is 4.74 Å².